The second-order valence-electron chi connectivity index (χ2n) is 2.11. The van der Waals surface area contributed by atoms with E-state index >= 15 is 0 Å². The highest BCUT2D eigenvalue weighted by molar-refractivity contribution is 5.36. The SMILES string of the molecule is O=C=NC#CC1CCCN1. The van der Waals surface area contributed by atoms with Crippen molar-refractivity contribution < 1.29 is 4.79 Å². The molecule has 1 atom stereocenters. The molecule has 0 aliphatic carbocycles. The number of isocyanates is 1. The predicted octanol–water partition coefficient (Wildman–Crippen LogP) is 0.0351. The highest BCUT2D eigenvalue weighted by Crippen LogP contribution is 2.02. The molecule has 0 saturated carbocycles. The Balaban J connectivity index is 2.37. The monoisotopic (exact) mass is 136 g/mol. The Hall–Kier alpha value is -1.10. The van der Waals surface area contributed by atoms with E-state index in [0.717, 1.165) is 19.4 Å². The number of rotatable bonds is 0. The molecular formula is C7H8N2O. The first kappa shape index (κ1) is 7.01. The van der Waals surface area contributed by atoms with Crippen molar-refractivity contribution in [1.82, 2.24) is 5.32 Å². The number of carbonyl (C=O) groups excluding carboxylic acids is 1. The lowest BCUT2D eigenvalue weighted by Gasteiger charge is -1.95. The van der Waals surface area contributed by atoms with Crippen LogP contribution in [0.25, 0.3) is 0 Å². The van der Waals surface area contributed by atoms with E-state index in [2.05, 4.69) is 22.3 Å². The van der Waals surface area contributed by atoms with Crippen molar-refractivity contribution in [2.75, 3.05) is 6.54 Å². The van der Waals surface area contributed by atoms with E-state index in [1.165, 1.54) is 6.08 Å². The Bertz CT molecular complexity index is 201. The van der Waals surface area contributed by atoms with Crippen molar-refractivity contribution in [2.45, 2.75) is 18.9 Å². The smallest absolute Gasteiger partial charge is 0.249 e. The highest BCUT2D eigenvalue weighted by Gasteiger charge is 2.09. The maximum atomic E-state index is 9.56. The van der Waals surface area contributed by atoms with Gasteiger partial charge in [0.2, 0.25) is 6.08 Å². The Morgan fingerprint density at radius 3 is 3.10 bits per heavy atom. The lowest BCUT2D eigenvalue weighted by atomic mass is 10.2. The fraction of sp³-hybridized carbons (Fsp3) is 0.571. The normalized spacial score (nSPS) is 22.6. The Labute approximate surface area is 59.5 Å². The molecule has 1 unspecified atom stereocenters. The Morgan fingerprint density at radius 1 is 1.60 bits per heavy atom. The molecule has 1 aliphatic rings. The van der Waals surface area contributed by atoms with E-state index in [9.17, 15) is 4.79 Å². The molecule has 0 radical (unpaired) electrons. The summed E-state index contributed by atoms with van der Waals surface area (Å²) in [7, 11) is 0. The van der Waals surface area contributed by atoms with Crippen LogP contribution in [0.5, 0.6) is 0 Å². The van der Waals surface area contributed by atoms with Crippen LogP contribution in [0.3, 0.4) is 0 Å². The quantitative estimate of drug-likeness (QED) is 0.290. The molecule has 0 aromatic carbocycles. The van der Waals surface area contributed by atoms with E-state index in [1.54, 1.807) is 0 Å². The molecule has 0 bridgehead atoms. The molecule has 52 valence electrons. The molecule has 0 aromatic rings. The van der Waals surface area contributed by atoms with Gasteiger partial charge in [-0.25, -0.2) is 4.79 Å². The van der Waals surface area contributed by atoms with E-state index in [1.807, 2.05) is 0 Å². The third-order valence-corrected chi connectivity index (χ3v) is 1.40. The van der Waals surface area contributed by atoms with Crippen LogP contribution in [0.2, 0.25) is 0 Å². The maximum absolute atomic E-state index is 9.56. The molecule has 0 aromatic heterocycles. The van der Waals surface area contributed by atoms with Gasteiger partial charge < -0.3 is 5.32 Å². The maximum Gasteiger partial charge on any atom is 0.249 e. The van der Waals surface area contributed by atoms with Crippen molar-refractivity contribution in [3.05, 3.63) is 0 Å². The number of aliphatic imine (C=N–C) groups is 1. The van der Waals surface area contributed by atoms with Gasteiger partial charge in [0.25, 0.3) is 0 Å². The van der Waals surface area contributed by atoms with Crippen LogP contribution in [-0.2, 0) is 4.79 Å². The molecule has 1 fully saturated rings. The summed E-state index contributed by atoms with van der Waals surface area (Å²) in [6.07, 6.45) is 3.58. The summed E-state index contributed by atoms with van der Waals surface area (Å²) in [5.74, 6) is 2.79. The molecule has 3 nitrogen and oxygen atoms in total. The van der Waals surface area contributed by atoms with Crippen LogP contribution in [0, 0.1) is 12.0 Å². The average Bonchev–Trinajstić information content (AvgIpc) is 2.41. The van der Waals surface area contributed by atoms with Gasteiger partial charge in [-0.3, -0.25) is 0 Å². The summed E-state index contributed by atoms with van der Waals surface area (Å²) < 4.78 is 0. The molecule has 1 N–H and O–H groups in total. The minimum absolute atomic E-state index is 0.233. The Morgan fingerprint density at radius 2 is 2.50 bits per heavy atom. The van der Waals surface area contributed by atoms with Crippen LogP contribution in [0.1, 0.15) is 12.8 Å². The molecule has 1 rings (SSSR count). The summed E-state index contributed by atoms with van der Waals surface area (Å²) >= 11 is 0. The lowest BCUT2D eigenvalue weighted by molar-refractivity contribution is 0.565. The van der Waals surface area contributed by atoms with Gasteiger partial charge in [-0.15, -0.1) is 4.99 Å². The second-order valence-corrected chi connectivity index (χ2v) is 2.11. The van der Waals surface area contributed by atoms with Gasteiger partial charge in [-0.1, -0.05) is 5.92 Å². The topological polar surface area (TPSA) is 41.5 Å². The molecule has 1 aliphatic heterocycles. The van der Waals surface area contributed by atoms with E-state index < -0.39 is 0 Å². The number of hydrogen-bond donors (Lipinski definition) is 1. The summed E-state index contributed by atoms with van der Waals surface area (Å²) in [4.78, 5) is 12.7. The van der Waals surface area contributed by atoms with Gasteiger partial charge in [0.1, 0.15) is 0 Å². The van der Waals surface area contributed by atoms with Crippen LogP contribution < -0.4 is 5.32 Å². The van der Waals surface area contributed by atoms with Gasteiger partial charge >= 0.3 is 0 Å². The molecule has 0 amide bonds. The first-order valence-electron chi connectivity index (χ1n) is 3.24. The standard InChI is InChI=1S/C7H8N2O/c10-6-8-5-3-7-2-1-4-9-7/h7,9H,1-2,4H2. The van der Waals surface area contributed by atoms with E-state index in [4.69, 9.17) is 0 Å². The van der Waals surface area contributed by atoms with Gasteiger partial charge in [-0.2, -0.15) is 0 Å². The summed E-state index contributed by atoms with van der Waals surface area (Å²) in [5, 5.41) is 3.15. The highest BCUT2D eigenvalue weighted by atomic mass is 16.1. The minimum Gasteiger partial charge on any atom is -0.304 e. The number of nitrogens with one attached hydrogen (secondary N) is 1. The first-order valence-corrected chi connectivity index (χ1v) is 3.24. The number of hydrogen-bond acceptors (Lipinski definition) is 3. The van der Waals surface area contributed by atoms with Crippen LogP contribution in [0.15, 0.2) is 4.99 Å². The van der Waals surface area contributed by atoms with Crippen LogP contribution in [-0.4, -0.2) is 18.7 Å². The third-order valence-electron chi connectivity index (χ3n) is 1.40. The fourth-order valence-corrected chi connectivity index (χ4v) is 0.941. The van der Waals surface area contributed by atoms with Crippen molar-refractivity contribution in [1.29, 1.82) is 0 Å². The summed E-state index contributed by atoms with van der Waals surface area (Å²) in [6.45, 7) is 1.02. The van der Waals surface area contributed by atoms with Crippen LogP contribution in [0.4, 0.5) is 0 Å². The molecule has 10 heavy (non-hydrogen) atoms. The molecular weight excluding hydrogens is 128 g/mol. The fourth-order valence-electron chi connectivity index (χ4n) is 0.941. The third kappa shape index (κ3) is 2.02. The zero-order valence-corrected chi connectivity index (χ0v) is 5.55. The minimum atomic E-state index is 0.233. The molecule has 3 heteroatoms. The van der Waals surface area contributed by atoms with Crippen molar-refractivity contribution >= 4 is 6.08 Å². The van der Waals surface area contributed by atoms with Gasteiger partial charge in [0.15, 0.2) is 0 Å². The van der Waals surface area contributed by atoms with Crippen molar-refractivity contribution in [2.24, 2.45) is 4.99 Å². The van der Waals surface area contributed by atoms with Gasteiger partial charge in [0, 0.05) is 6.04 Å². The molecule has 1 heterocycles. The average molecular weight is 136 g/mol. The summed E-state index contributed by atoms with van der Waals surface area (Å²) in [5.41, 5.74) is 0. The van der Waals surface area contributed by atoms with Gasteiger partial charge in [0.05, 0.1) is 6.04 Å². The molecule has 0 spiro atoms. The molecule has 1 saturated heterocycles. The lowest BCUT2D eigenvalue weighted by Crippen LogP contribution is -2.18. The first-order chi connectivity index (χ1) is 4.93. The van der Waals surface area contributed by atoms with Crippen molar-refractivity contribution in [3.63, 3.8) is 0 Å². The summed E-state index contributed by atoms with van der Waals surface area (Å²) in [6, 6.07) is 2.60. The zero-order valence-electron chi connectivity index (χ0n) is 5.55. The van der Waals surface area contributed by atoms with Gasteiger partial charge in [-0.05, 0) is 19.4 Å². The van der Waals surface area contributed by atoms with Crippen molar-refractivity contribution in [3.8, 4) is 12.0 Å². The second kappa shape index (κ2) is 3.84. The van der Waals surface area contributed by atoms with Crippen LogP contribution >= 0.6 is 0 Å². The zero-order chi connectivity index (χ0) is 7.23. The largest absolute Gasteiger partial charge is 0.304 e. The Kier molecular flexibility index (Phi) is 2.69. The van der Waals surface area contributed by atoms with E-state index in [-0.39, 0.29) is 6.04 Å². The van der Waals surface area contributed by atoms with E-state index in [0.29, 0.717) is 0 Å². The predicted molar refractivity (Wildman–Crippen MR) is 36.9 cm³/mol. The number of nitrogens with zero attached hydrogens (tertiary/aromatic N) is 1.